The van der Waals surface area contributed by atoms with Crippen LogP contribution in [-0.4, -0.2) is 42.5 Å². The number of urea groups is 1. The summed E-state index contributed by atoms with van der Waals surface area (Å²) in [5.41, 5.74) is 2.62. The highest BCUT2D eigenvalue weighted by molar-refractivity contribution is 7.09. The quantitative estimate of drug-likeness (QED) is 0.680. The molecule has 0 atom stereocenters. The molecule has 0 aromatic carbocycles. The number of aryl methyl sites for hydroxylation is 1. The van der Waals surface area contributed by atoms with Gasteiger partial charge >= 0.3 is 6.03 Å². The molecule has 0 unspecified atom stereocenters. The third kappa shape index (κ3) is 3.71. The van der Waals surface area contributed by atoms with Crippen LogP contribution in [0.15, 0.2) is 22.0 Å². The zero-order chi connectivity index (χ0) is 18.8. The minimum Gasteiger partial charge on any atom is -0.390 e. The number of hydrogen-bond acceptors (Lipinski definition) is 7. The highest BCUT2D eigenvalue weighted by atomic mass is 32.1. The lowest BCUT2D eigenvalue weighted by Gasteiger charge is -2.27. The molecule has 1 aliphatic rings. The summed E-state index contributed by atoms with van der Waals surface area (Å²) in [6.07, 6.45) is 1.33. The lowest BCUT2D eigenvalue weighted by atomic mass is 10.1. The number of rotatable bonds is 5. The molecule has 0 aliphatic carbocycles. The fourth-order valence-electron chi connectivity index (χ4n) is 3.24. The first kappa shape index (κ1) is 17.7. The predicted molar refractivity (Wildman–Crippen MR) is 96.9 cm³/mol. The molecule has 27 heavy (non-hydrogen) atoms. The highest BCUT2D eigenvalue weighted by Crippen LogP contribution is 2.22. The number of aliphatic hydroxyl groups excluding tert-OH is 1. The largest absolute Gasteiger partial charge is 0.390 e. The Labute approximate surface area is 159 Å². The number of carbonyl (C=O) groups is 1. The maximum Gasteiger partial charge on any atom is 0.318 e. The van der Waals surface area contributed by atoms with Crippen molar-refractivity contribution in [2.45, 2.75) is 32.5 Å². The second kappa shape index (κ2) is 7.49. The standard InChI is InChI=1S/C17H20N6O3S/c1-22-14-4-5-23(9-12(14)13(10-24)20-22)17(25)18-8-16-19-15(21-26-16)7-11-3-2-6-27-11/h2-3,6,24H,4-5,7-10H2,1H3,(H,18,25). The predicted octanol–water partition coefficient (Wildman–Crippen LogP) is 1.22. The van der Waals surface area contributed by atoms with E-state index in [0.717, 1.165) is 16.1 Å². The van der Waals surface area contributed by atoms with Gasteiger partial charge in [-0.2, -0.15) is 10.1 Å². The van der Waals surface area contributed by atoms with Crippen molar-refractivity contribution in [1.29, 1.82) is 0 Å². The minimum absolute atomic E-state index is 0.131. The zero-order valence-corrected chi connectivity index (χ0v) is 15.7. The molecule has 0 saturated heterocycles. The molecule has 2 amide bonds. The Bertz CT molecular complexity index is 933. The van der Waals surface area contributed by atoms with Crippen molar-refractivity contribution in [1.82, 2.24) is 30.1 Å². The molecule has 0 saturated carbocycles. The van der Waals surface area contributed by atoms with Crippen LogP contribution in [0.2, 0.25) is 0 Å². The molecule has 142 valence electrons. The third-order valence-corrected chi connectivity index (χ3v) is 5.45. The first-order valence-corrected chi connectivity index (χ1v) is 9.53. The van der Waals surface area contributed by atoms with Gasteiger partial charge in [0.1, 0.15) is 0 Å². The summed E-state index contributed by atoms with van der Waals surface area (Å²) in [6.45, 7) is 1.07. The summed E-state index contributed by atoms with van der Waals surface area (Å²) in [4.78, 5) is 19.7. The average Bonchev–Trinajstić information content (AvgIpc) is 3.41. The SMILES string of the molecule is Cn1nc(CO)c2c1CCN(C(=O)NCc1nc(Cc3cccs3)no1)C2. The van der Waals surface area contributed by atoms with Crippen molar-refractivity contribution in [2.75, 3.05) is 6.54 Å². The van der Waals surface area contributed by atoms with E-state index >= 15 is 0 Å². The molecule has 3 aromatic heterocycles. The van der Waals surface area contributed by atoms with Crippen LogP contribution in [0.1, 0.15) is 33.5 Å². The van der Waals surface area contributed by atoms with Gasteiger partial charge in [0.2, 0.25) is 5.89 Å². The number of hydrogen-bond donors (Lipinski definition) is 2. The maximum absolute atomic E-state index is 12.5. The number of nitrogens with zero attached hydrogens (tertiary/aromatic N) is 5. The van der Waals surface area contributed by atoms with Crippen molar-refractivity contribution in [3.05, 3.63) is 51.1 Å². The molecule has 1 aliphatic heterocycles. The topological polar surface area (TPSA) is 109 Å². The maximum atomic E-state index is 12.5. The van der Waals surface area contributed by atoms with Gasteiger partial charge in [0.15, 0.2) is 5.82 Å². The molecule has 0 spiro atoms. The monoisotopic (exact) mass is 388 g/mol. The van der Waals surface area contributed by atoms with Crippen molar-refractivity contribution in [2.24, 2.45) is 7.05 Å². The van der Waals surface area contributed by atoms with Crippen LogP contribution in [0.5, 0.6) is 0 Å². The minimum atomic E-state index is -0.202. The summed E-state index contributed by atoms with van der Waals surface area (Å²) in [6, 6.07) is 3.80. The second-order valence-electron chi connectivity index (χ2n) is 6.34. The lowest BCUT2D eigenvalue weighted by Crippen LogP contribution is -2.42. The summed E-state index contributed by atoms with van der Waals surface area (Å²) in [5.74, 6) is 0.984. The van der Waals surface area contributed by atoms with Gasteiger partial charge in [-0.3, -0.25) is 4.68 Å². The number of thiophene rings is 1. The van der Waals surface area contributed by atoms with Gasteiger partial charge in [0, 0.05) is 42.6 Å². The van der Waals surface area contributed by atoms with Gasteiger partial charge in [-0.25, -0.2) is 4.79 Å². The third-order valence-electron chi connectivity index (χ3n) is 4.58. The van der Waals surface area contributed by atoms with E-state index in [0.29, 0.717) is 43.3 Å². The fraction of sp³-hybridized carbons (Fsp3) is 0.412. The number of nitrogens with one attached hydrogen (secondary N) is 1. The number of aliphatic hydroxyl groups is 1. The van der Waals surface area contributed by atoms with Crippen LogP contribution in [0.25, 0.3) is 0 Å². The molecule has 10 heteroatoms. The van der Waals surface area contributed by atoms with Crippen LogP contribution in [-0.2, 0) is 39.6 Å². The average molecular weight is 388 g/mol. The molecule has 0 radical (unpaired) electrons. The number of carbonyl (C=O) groups excluding carboxylic acids is 1. The Balaban J connectivity index is 1.34. The van der Waals surface area contributed by atoms with Gasteiger partial charge in [0.25, 0.3) is 0 Å². The van der Waals surface area contributed by atoms with E-state index in [9.17, 15) is 9.90 Å². The molecule has 0 fully saturated rings. The summed E-state index contributed by atoms with van der Waals surface area (Å²) >= 11 is 1.64. The Morgan fingerprint density at radius 1 is 1.48 bits per heavy atom. The van der Waals surface area contributed by atoms with Gasteiger partial charge in [-0.15, -0.1) is 11.3 Å². The van der Waals surface area contributed by atoms with Crippen molar-refractivity contribution in [3.8, 4) is 0 Å². The lowest BCUT2D eigenvalue weighted by molar-refractivity contribution is 0.189. The first-order valence-electron chi connectivity index (χ1n) is 8.65. The molecular formula is C17H20N6O3S. The van der Waals surface area contributed by atoms with Crippen molar-refractivity contribution < 1.29 is 14.4 Å². The van der Waals surface area contributed by atoms with Crippen molar-refractivity contribution in [3.63, 3.8) is 0 Å². The molecule has 0 bridgehead atoms. The fourth-order valence-corrected chi connectivity index (χ4v) is 3.94. The van der Waals surface area contributed by atoms with Gasteiger partial charge < -0.3 is 19.8 Å². The van der Waals surface area contributed by atoms with Gasteiger partial charge in [-0.05, 0) is 11.4 Å². The first-order chi connectivity index (χ1) is 13.1. The molecule has 3 aromatic rings. The Morgan fingerprint density at radius 3 is 3.15 bits per heavy atom. The molecular weight excluding hydrogens is 368 g/mol. The number of aromatic nitrogens is 4. The Morgan fingerprint density at radius 2 is 2.37 bits per heavy atom. The molecule has 4 heterocycles. The summed E-state index contributed by atoms with van der Waals surface area (Å²) < 4.78 is 6.99. The van der Waals surface area contributed by atoms with E-state index in [1.165, 1.54) is 0 Å². The van der Waals surface area contributed by atoms with E-state index in [4.69, 9.17) is 4.52 Å². The normalized spacial score (nSPS) is 13.6. The second-order valence-corrected chi connectivity index (χ2v) is 7.38. The van der Waals surface area contributed by atoms with E-state index in [-0.39, 0.29) is 19.2 Å². The van der Waals surface area contributed by atoms with Crippen molar-refractivity contribution >= 4 is 17.4 Å². The highest BCUT2D eigenvalue weighted by Gasteiger charge is 2.26. The van der Waals surface area contributed by atoms with E-state index < -0.39 is 0 Å². The number of fused-ring (bicyclic) bond motifs is 1. The van der Waals surface area contributed by atoms with Crippen LogP contribution in [0.4, 0.5) is 4.79 Å². The molecule has 4 rings (SSSR count). The smallest absolute Gasteiger partial charge is 0.318 e. The summed E-state index contributed by atoms with van der Waals surface area (Å²) in [7, 11) is 1.86. The van der Waals surface area contributed by atoms with Gasteiger partial charge in [0.05, 0.1) is 25.4 Å². The Kier molecular flexibility index (Phi) is 4.90. The van der Waals surface area contributed by atoms with Gasteiger partial charge in [-0.1, -0.05) is 11.2 Å². The van der Waals surface area contributed by atoms with E-state index in [2.05, 4.69) is 20.6 Å². The molecule has 9 nitrogen and oxygen atoms in total. The van der Waals surface area contributed by atoms with E-state index in [1.54, 1.807) is 20.9 Å². The zero-order valence-electron chi connectivity index (χ0n) is 14.9. The van der Waals surface area contributed by atoms with Crippen LogP contribution >= 0.6 is 11.3 Å². The van der Waals surface area contributed by atoms with Crippen LogP contribution in [0, 0.1) is 0 Å². The Hall–Kier alpha value is -2.72. The van der Waals surface area contributed by atoms with Crippen LogP contribution in [0.3, 0.4) is 0 Å². The summed E-state index contributed by atoms with van der Waals surface area (Å²) in [5, 5.41) is 22.5. The van der Waals surface area contributed by atoms with E-state index in [1.807, 2.05) is 24.6 Å². The molecule has 2 N–H and O–H groups in total. The van der Waals surface area contributed by atoms with Crippen LogP contribution < -0.4 is 5.32 Å². The number of amides is 2.